The Bertz CT molecular complexity index is 1270. The minimum atomic E-state index is 0.0918. The Morgan fingerprint density at radius 3 is 2.82 bits per heavy atom. The maximum atomic E-state index is 6.42. The topological polar surface area (TPSA) is 87.9 Å². The molecule has 8 heteroatoms. The number of hydrogen-bond acceptors (Lipinski definition) is 7. The Hall–Kier alpha value is -3.58. The summed E-state index contributed by atoms with van der Waals surface area (Å²) in [6.45, 7) is 5.57. The first kappa shape index (κ1) is 21.3. The summed E-state index contributed by atoms with van der Waals surface area (Å²) < 4.78 is 5.47. The van der Waals surface area contributed by atoms with Crippen LogP contribution >= 0.6 is 11.6 Å². The monoisotopic (exact) mass is 460 g/mol. The standard InChI is InChI=1S/C25H25ClN6O/c1-25(2)10-5-11-28-21-9-8-16(12-18(21)25)30-24-29-13-19(26)23(32-24)31-20-7-4-3-6-17(20)22-14-27-15-33-22/h3-4,6-9,12-15,28H,5,10-11H2,1-2H3,(H2,29,30,31,32). The van der Waals surface area contributed by atoms with Gasteiger partial charge in [-0.25, -0.2) is 9.97 Å². The SMILES string of the molecule is CC1(C)CCCNc2ccc(Nc3ncc(Cl)c(Nc4ccccc4-c4cnco4)n3)cc21. The third-order valence-corrected chi connectivity index (χ3v) is 6.20. The van der Waals surface area contributed by atoms with Crippen LogP contribution in [0, 0.1) is 0 Å². The highest BCUT2D eigenvalue weighted by molar-refractivity contribution is 6.33. The summed E-state index contributed by atoms with van der Waals surface area (Å²) in [5.41, 5.74) is 5.16. The van der Waals surface area contributed by atoms with Gasteiger partial charge < -0.3 is 20.4 Å². The van der Waals surface area contributed by atoms with E-state index in [-0.39, 0.29) is 5.41 Å². The van der Waals surface area contributed by atoms with E-state index in [1.807, 2.05) is 30.3 Å². The molecule has 1 aliphatic heterocycles. The summed E-state index contributed by atoms with van der Waals surface area (Å²) in [7, 11) is 0. The fraction of sp³-hybridized carbons (Fsp3) is 0.240. The molecule has 5 rings (SSSR count). The van der Waals surface area contributed by atoms with Gasteiger partial charge in [-0.3, -0.25) is 0 Å². The van der Waals surface area contributed by atoms with Crippen molar-refractivity contribution in [3.8, 4) is 11.3 Å². The molecule has 0 atom stereocenters. The van der Waals surface area contributed by atoms with Gasteiger partial charge in [0, 0.05) is 23.5 Å². The largest absolute Gasteiger partial charge is 0.443 e. The van der Waals surface area contributed by atoms with Crippen molar-refractivity contribution in [2.24, 2.45) is 0 Å². The van der Waals surface area contributed by atoms with E-state index in [4.69, 9.17) is 16.0 Å². The van der Waals surface area contributed by atoms with Crippen molar-refractivity contribution in [1.29, 1.82) is 0 Å². The van der Waals surface area contributed by atoms with Crippen molar-refractivity contribution < 1.29 is 4.42 Å². The zero-order valence-corrected chi connectivity index (χ0v) is 19.3. The van der Waals surface area contributed by atoms with Crippen molar-refractivity contribution in [2.45, 2.75) is 32.1 Å². The quantitative estimate of drug-likeness (QED) is 0.303. The van der Waals surface area contributed by atoms with Crippen LogP contribution in [0.4, 0.5) is 28.8 Å². The number of aromatic nitrogens is 3. The number of nitrogens with zero attached hydrogens (tertiary/aromatic N) is 3. The molecular weight excluding hydrogens is 436 g/mol. The van der Waals surface area contributed by atoms with Gasteiger partial charge in [0.1, 0.15) is 5.02 Å². The molecule has 3 heterocycles. The molecular formula is C25H25ClN6O. The van der Waals surface area contributed by atoms with Gasteiger partial charge in [-0.1, -0.05) is 37.6 Å². The Morgan fingerprint density at radius 1 is 1.09 bits per heavy atom. The molecule has 0 saturated carbocycles. The molecule has 0 unspecified atom stereocenters. The maximum absolute atomic E-state index is 6.42. The summed E-state index contributed by atoms with van der Waals surface area (Å²) in [6, 6.07) is 14.1. The first-order chi connectivity index (χ1) is 16.0. The third-order valence-electron chi connectivity index (χ3n) is 5.92. The second-order valence-corrected chi connectivity index (χ2v) is 9.13. The van der Waals surface area contributed by atoms with Crippen LogP contribution in [-0.4, -0.2) is 21.5 Å². The Labute approximate surface area is 197 Å². The number of fused-ring (bicyclic) bond motifs is 1. The molecule has 168 valence electrons. The van der Waals surface area contributed by atoms with Gasteiger partial charge in [0.05, 0.1) is 18.1 Å². The molecule has 1 aliphatic rings. The zero-order chi connectivity index (χ0) is 22.8. The van der Waals surface area contributed by atoms with Gasteiger partial charge in [0.15, 0.2) is 18.0 Å². The highest BCUT2D eigenvalue weighted by Gasteiger charge is 2.26. The Morgan fingerprint density at radius 2 is 1.97 bits per heavy atom. The molecule has 7 nitrogen and oxygen atoms in total. The molecule has 2 aromatic carbocycles. The fourth-order valence-corrected chi connectivity index (χ4v) is 4.29. The summed E-state index contributed by atoms with van der Waals surface area (Å²) in [6.07, 6.45) is 6.94. The van der Waals surface area contributed by atoms with Crippen molar-refractivity contribution in [3.05, 3.63) is 71.8 Å². The average molecular weight is 461 g/mol. The number of benzene rings is 2. The smallest absolute Gasteiger partial charge is 0.229 e. The minimum absolute atomic E-state index is 0.0918. The lowest BCUT2D eigenvalue weighted by atomic mass is 9.80. The maximum Gasteiger partial charge on any atom is 0.229 e. The van der Waals surface area contributed by atoms with Gasteiger partial charge in [0.25, 0.3) is 0 Å². The van der Waals surface area contributed by atoms with Crippen LogP contribution in [0.2, 0.25) is 5.02 Å². The van der Waals surface area contributed by atoms with Gasteiger partial charge in [-0.05, 0) is 54.2 Å². The molecule has 0 saturated heterocycles. The third kappa shape index (κ3) is 4.50. The van der Waals surface area contributed by atoms with Gasteiger partial charge >= 0.3 is 0 Å². The molecule has 2 aromatic heterocycles. The van der Waals surface area contributed by atoms with Gasteiger partial charge in [0.2, 0.25) is 5.95 Å². The molecule has 0 radical (unpaired) electrons. The number of oxazole rings is 1. The average Bonchev–Trinajstić information content (AvgIpc) is 3.30. The second-order valence-electron chi connectivity index (χ2n) is 8.73. The fourth-order valence-electron chi connectivity index (χ4n) is 4.15. The number of halogens is 1. The molecule has 0 spiro atoms. The zero-order valence-electron chi connectivity index (χ0n) is 18.5. The van der Waals surface area contributed by atoms with E-state index in [1.54, 1.807) is 12.4 Å². The van der Waals surface area contributed by atoms with Crippen LogP contribution in [0.5, 0.6) is 0 Å². The number of rotatable bonds is 5. The Balaban J connectivity index is 1.42. The number of para-hydroxylation sites is 1. The molecule has 0 bridgehead atoms. The lowest BCUT2D eigenvalue weighted by molar-refractivity contribution is 0.479. The van der Waals surface area contributed by atoms with E-state index in [0.29, 0.717) is 22.5 Å². The molecule has 4 aromatic rings. The number of anilines is 5. The molecule has 0 fully saturated rings. The second kappa shape index (κ2) is 8.75. The molecule has 0 aliphatic carbocycles. The van der Waals surface area contributed by atoms with Crippen molar-refractivity contribution in [3.63, 3.8) is 0 Å². The summed E-state index contributed by atoms with van der Waals surface area (Å²) in [4.78, 5) is 13.0. The molecule has 33 heavy (non-hydrogen) atoms. The highest BCUT2D eigenvalue weighted by Crippen LogP contribution is 2.38. The van der Waals surface area contributed by atoms with Crippen molar-refractivity contribution in [2.75, 3.05) is 22.5 Å². The first-order valence-corrected chi connectivity index (χ1v) is 11.3. The van der Waals surface area contributed by atoms with E-state index in [9.17, 15) is 0 Å². The van der Waals surface area contributed by atoms with E-state index >= 15 is 0 Å². The van der Waals surface area contributed by atoms with E-state index in [0.717, 1.165) is 36.3 Å². The van der Waals surface area contributed by atoms with Crippen LogP contribution in [0.25, 0.3) is 11.3 Å². The van der Waals surface area contributed by atoms with Crippen molar-refractivity contribution in [1.82, 2.24) is 15.0 Å². The number of hydrogen-bond donors (Lipinski definition) is 3. The van der Waals surface area contributed by atoms with Gasteiger partial charge in [-0.15, -0.1) is 0 Å². The van der Waals surface area contributed by atoms with Crippen molar-refractivity contribution >= 4 is 40.4 Å². The Kier molecular flexibility index (Phi) is 5.64. The van der Waals surface area contributed by atoms with E-state index < -0.39 is 0 Å². The summed E-state index contributed by atoms with van der Waals surface area (Å²) >= 11 is 6.42. The van der Waals surface area contributed by atoms with Crippen LogP contribution in [0.3, 0.4) is 0 Å². The van der Waals surface area contributed by atoms with Crippen LogP contribution in [0.1, 0.15) is 32.3 Å². The number of nitrogens with one attached hydrogen (secondary N) is 3. The molecule has 3 N–H and O–H groups in total. The normalized spacial score (nSPS) is 14.6. The lowest BCUT2D eigenvalue weighted by Crippen LogP contribution is -2.16. The summed E-state index contributed by atoms with van der Waals surface area (Å²) in [5, 5.41) is 10.6. The lowest BCUT2D eigenvalue weighted by Gasteiger charge is -2.25. The predicted molar refractivity (Wildman–Crippen MR) is 133 cm³/mol. The highest BCUT2D eigenvalue weighted by atomic mass is 35.5. The van der Waals surface area contributed by atoms with Crippen LogP contribution in [0.15, 0.2) is 65.7 Å². The van der Waals surface area contributed by atoms with Gasteiger partial charge in [-0.2, -0.15) is 4.98 Å². The first-order valence-electron chi connectivity index (χ1n) is 10.9. The summed E-state index contributed by atoms with van der Waals surface area (Å²) in [5.74, 6) is 1.61. The predicted octanol–water partition coefficient (Wildman–Crippen LogP) is 6.76. The van der Waals surface area contributed by atoms with E-state index in [2.05, 4.69) is 56.9 Å². The minimum Gasteiger partial charge on any atom is -0.443 e. The van der Waals surface area contributed by atoms with E-state index in [1.165, 1.54) is 17.6 Å². The van der Waals surface area contributed by atoms with Crippen LogP contribution in [-0.2, 0) is 5.41 Å². The molecule has 0 amide bonds. The van der Waals surface area contributed by atoms with Crippen LogP contribution < -0.4 is 16.0 Å².